The molecule has 31 heavy (non-hydrogen) atoms. The molecule has 0 amide bonds. The molecule has 0 aromatic carbocycles. The zero-order valence-corrected chi connectivity index (χ0v) is 21.1. The number of hydrogen-bond donors (Lipinski definition) is 2. The number of carbonyl (C=O) groups is 1. The summed E-state index contributed by atoms with van der Waals surface area (Å²) < 4.78 is 0. The first-order valence-electron chi connectivity index (χ1n) is 12.9. The fourth-order valence-corrected chi connectivity index (χ4v) is 11.1. The molecule has 0 radical (unpaired) electrons. The van der Waals surface area contributed by atoms with Crippen LogP contribution in [0.2, 0.25) is 0 Å². The number of aliphatic hydroxyl groups excluding tert-OH is 1. The lowest BCUT2D eigenvalue weighted by molar-refractivity contribution is -0.160. The van der Waals surface area contributed by atoms with Crippen molar-refractivity contribution in [1.82, 2.24) is 10.2 Å². The maximum Gasteiger partial charge on any atom is 0.138 e. The SMILES string of the molecule is CNC(C)C1C(=O)CC2(C)C3CCC4C(C)(CO)C(N(C)C)CCC45CC35CCC12C. The highest BCUT2D eigenvalue weighted by Gasteiger charge is 2.83. The number of Topliss-reactive ketones (excluding diaryl/α,β-unsaturated/α-hetero) is 1. The number of ketones is 1. The Morgan fingerprint density at radius 2 is 1.68 bits per heavy atom. The fraction of sp³-hybridized carbons (Fsp3) is 0.963. The van der Waals surface area contributed by atoms with Crippen molar-refractivity contribution in [3.05, 3.63) is 0 Å². The minimum absolute atomic E-state index is 0.00739. The van der Waals surface area contributed by atoms with Gasteiger partial charge in [0.2, 0.25) is 0 Å². The summed E-state index contributed by atoms with van der Waals surface area (Å²) in [4.78, 5) is 15.8. The maximum absolute atomic E-state index is 13.4. The molecule has 5 rings (SSSR count). The van der Waals surface area contributed by atoms with E-state index in [1.807, 2.05) is 7.05 Å². The molecule has 0 saturated heterocycles. The van der Waals surface area contributed by atoms with Gasteiger partial charge in [0.15, 0.2) is 0 Å². The van der Waals surface area contributed by atoms with E-state index in [0.29, 0.717) is 41.1 Å². The maximum atomic E-state index is 13.4. The van der Waals surface area contributed by atoms with Crippen LogP contribution in [0, 0.1) is 44.8 Å². The second kappa shape index (κ2) is 6.57. The Morgan fingerprint density at radius 1 is 1.03 bits per heavy atom. The van der Waals surface area contributed by atoms with Gasteiger partial charge in [0, 0.05) is 29.8 Å². The second-order valence-corrected chi connectivity index (χ2v) is 13.4. The smallest absolute Gasteiger partial charge is 0.138 e. The van der Waals surface area contributed by atoms with Gasteiger partial charge in [-0.3, -0.25) is 4.79 Å². The number of aliphatic hydroxyl groups is 1. The van der Waals surface area contributed by atoms with Crippen LogP contribution in [0.5, 0.6) is 0 Å². The largest absolute Gasteiger partial charge is 0.396 e. The molecule has 10 atom stereocenters. The number of nitrogens with zero attached hydrogens (tertiary/aromatic N) is 1. The van der Waals surface area contributed by atoms with E-state index in [0.717, 1.165) is 6.42 Å². The van der Waals surface area contributed by atoms with Crippen LogP contribution < -0.4 is 5.32 Å². The molecule has 4 heteroatoms. The van der Waals surface area contributed by atoms with Gasteiger partial charge in [-0.05, 0) is 107 Å². The molecule has 0 aromatic rings. The van der Waals surface area contributed by atoms with Gasteiger partial charge in [-0.2, -0.15) is 0 Å². The van der Waals surface area contributed by atoms with E-state index in [2.05, 4.69) is 52.0 Å². The molecule has 4 nitrogen and oxygen atoms in total. The number of nitrogens with one attached hydrogen (secondary N) is 1. The van der Waals surface area contributed by atoms with Gasteiger partial charge in [-0.1, -0.05) is 20.8 Å². The van der Waals surface area contributed by atoms with E-state index in [9.17, 15) is 9.90 Å². The van der Waals surface area contributed by atoms with Crippen LogP contribution in [0.15, 0.2) is 0 Å². The van der Waals surface area contributed by atoms with Crippen molar-refractivity contribution in [2.75, 3.05) is 27.7 Å². The number of fused-ring (bicyclic) bond motifs is 2. The normalized spacial score (nSPS) is 56.5. The average Bonchev–Trinajstić information content (AvgIpc) is 3.32. The van der Waals surface area contributed by atoms with Gasteiger partial charge >= 0.3 is 0 Å². The van der Waals surface area contributed by atoms with Gasteiger partial charge in [-0.25, -0.2) is 0 Å². The van der Waals surface area contributed by atoms with E-state index in [1.165, 1.54) is 44.9 Å². The third-order valence-corrected chi connectivity index (χ3v) is 12.7. The molecule has 5 saturated carbocycles. The quantitative estimate of drug-likeness (QED) is 0.705. The van der Waals surface area contributed by atoms with Crippen LogP contribution in [0.3, 0.4) is 0 Å². The molecule has 0 heterocycles. The molecule has 5 fully saturated rings. The van der Waals surface area contributed by atoms with Crippen LogP contribution in [0.4, 0.5) is 0 Å². The summed E-state index contributed by atoms with van der Waals surface area (Å²) in [7, 11) is 6.41. The zero-order valence-electron chi connectivity index (χ0n) is 21.1. The summed E-state index contributed by atoms with van der Waals surface area (Å²) in [5.74, 6) is 1.96. The minimum atomic E-state index is -0.00739. The minimum Gasteiger partial charge on any atom is -0.396 e. The molecule has 10 unspecified atom stereocenters. The summed E-state index contributed by atoms with van der Waals surface area (Å²) >= 11 is 0. The van der Waals surface area contributed by atoms with Crippen molar-refractivity contribution in [3.8, 4) is 0 Å². The van der Waals surface area contributed by atoms with Gasteiger partial charge < -0.3 is 15.3 Å². The van der Waals surface area contributed by atoms with Crippen LogP contribution in [-0.2, 0) is 4.79 Å². The molecule has 2 spiro atoms. The Hall–Kier alpha value is -0.450. The Kier molecular flexibility index (Phi) is 4.74. The Labute approximate surface area is 189 Å². The highest BCUT2D eigenvalue weighted by atomic mass is 16.3. The molecule has 0 bridgehead atoms. The molecule has 0 aliphatic heterocycles. The van der Waals surface area contributed by atoms with Crippen LogP contribution in [-0.4, -0.2) is 55.6 Å². The van der Waals surface area contributed by atoms with E-state index < -0.39 is 0 Å². The number of rotatable bonds is 4. The summed E-state index contributed by atoms with van der Waals surface area (Å²) in [5.41, 5.74) is 1.07. The predicted octanol–water partition coefficient (Wildman–Crippen LogP) is 4.12. The third kappa shape index (κ3) is 2.36. The summed E-state index contributed by atoms with van der Waals surface area (Å²) in [5, 5.41) is 14.1. The van der Waals surface area contributed by atoms with Crippen LogP contribution in [0.25, 0.3) is 0 Å². The van der Waals surface area contributed by atoms with Gasteiger partial charge in [-0.15, -0.1) is 0 Å². The summed E-state index contributed by atoms with van der Waals surface area (Å²) in [6, 6.07) is 0.728. The fourth-order valence-electron chi connectivity index (χ4n) is 11.1. The Morgan fingerprint density at radius 3 is 2.29 bits per heavy atom. The molecule has 0 aromatic heterocycles. The highest BCUT2D eigenvalue weighted by Crippen LogP contribution is 2.88. The van der Waals surface area contributed by atoms with Crippen molar-refractivity contribution in [3.63, 3.8) is 0 Å². The van der Waals surface area contributed by atoms with E-state index in [1.54, 1.807) is 0 Å². The lowest BCUT2D eigenvalue weighted by Gasteiger charge is -2.64. The Balaban J connectivity index is 1.53. The van der Waals surface area contributed by atoms with Crippen molar-refractivity contribution >= 4 is 5.78 Å². The molecule has 2 N–H and O–H groups in total. The first-order chi connectivity index (χ1) is 14.5. The first-order valence-corrected chi connectivity index (χ1v) is 12.9. The summed E-state index contributed by atoms with van der Waals surface area (Å²) in [6.07, 6.45) is 9.66. The summed E-state index contributed by atoms with van der Waals surface area (Å²) in [6.45, 7) is 9.87. The van der Waals surface area contributed by atoms with Crippen LogP contribution in [0.1, 0.15) is 79.1 Å². The first kappa shape index (κ1) is 22.3. The topological polar surface area (TPSA) is 52.6 Å². The van der Waals surface area contributed by atoms with E-state index in [-0.39, 0.29) is 28.2 Å². The highest BCUT2D eigenvalue weighted by molar-refractivity contribution is 5.86. The van der Waals surface area contributed by atoms with Crippen molar-refractivity contribution in [2.24, 2.45) is 44.8 Å². The number of hydrogen-bond acceptors (Lipinski definition) is 4. The van der Waals surface area contributed by atoms with E-state index in [4.69, 9.17) is 0 Å². The lowest BCUT2D eigenvalue weighted by atomic mass is 9.41. The average molecular weight is 431 g/mol. The van der Waals surface area contributed by atoms with Crippen LogP contribution >= 0.6 is 0 Å². The van der Waals surface area contributed by atoms with Crippen molar-refractivity contribution in [2.45, 2.75) is 91.1 Å². The second-order valence-electron chi connectivity index (χ2n) is 13.4. The molecule has 5 aliphatic rings. The van der Waals surface area contributed by atoms with Gasteiger partial charge in [0.1, 0.15) is 5.78 Å². The van der Waals surface area contributed by atoms with E-state index >= 15 is 0 Å². The Bertz CT molecular complexity index is 783. The molecule has 5 aliphatic carbocycles. The number of carbonyl (C=O) groups excluding carboxylic acids is 1. The monoisotopic (exact) mass is 430 g/mol. The van der Waals surface area contributed by atoms with Crippen molar-refractivity contribution < 1.29 is 9.90 Å². The predicted molar refractivity (Wildman–Crippen MR) is 125 cm³/mol. The lowest BCUT2D eigenvalue weighted by Crippen LogP contribution is -2.61. The van der Waals surface area contributed by atoms with Gasteiger partial charge in [0.25, 0.3) is 0 Å². The standard InChI is InChI=1S/C27H46N2O2/c1-17(28-5)22-18(31)14-25(4)20-9-8-19-23(2,16-30)21(29(6)7)10-11-26(19)15-27(20,26)13-12-24(22,25)3/h17,19-22,28,30H,8-16H2,1-7H3. The van der Waals surface area contributed by atoms with Crippen molar-refractivity contribution in [1.29, 1.82) is 0 Å². The molecule has 176 valence electrons. The third-order valence-electron chi connectivity index (χ3n) is 12.7. The van der Waals surface area contributed by atoms with Gasteiger partial charge in [0.05, 0.1) is 6.61 Å². The zero-order chi connectivity index (χ0) is 22.6. The molecular formula is C27H46N2O2. The molecular weight excluding hydrogens is 384 g/mol.